The highest BCUT2D eigenvalue weighted by atomic mass is 15.4. The third-order valence-corrected chi connectivity index (χ3v) is 1.44. The SMILES string of the molecule is C#CC(C)c1cnnn1C. The highest BCUT2D eigenvalue weighted by Crippen LogP contribution is 2.09. The first-order valence-corrected chi connectivity index (χ1v) is 3.06. The molecule has 0 aliphatic heterocycles. The normalized spacial score (nSPS) is 12.5. The van der Waals surface area contributed by atoms with Crippen molar-refractivity contribution in [1.82, 2.24) is 15.0 Å². The van der Waals surface area contributed by atoms with Crippen LogP contribution in [-0.2, 0) is 7.05 Å². The molecule has 0 aliphatic carbocycles. The van der Waals surface area contributed by atoms with Crippen molar-refractivity contribution in [2.24, 2.45) is 7.05 Å². The van der Waals surface area contributed by atoms with Gasteiger partial charge >= 0.3 is 0 Å². The zero-order valence-corrected chi connectivity index (χ0v) is 6.07. The summed E-state index contributed by atoms with van der Waals surface area (Å²) in [4.78, 5) is 0. The van der Waals surface area contributed by atoms with Crippen LogP contribution in [0.2, 0.25) is 0 Å². The number of hydrogen-bond donors (Lipinski definition) is 0. The van der Waals surface area contributed by atoms with Gasteiger partial charge in [0.05, 0.1) is 17.8 Å². The number of nitrogens with zero attached hydrogens (tertiary/aromatic N) is 3. The van der Waals surface area contributed by atoms with Gasteiger partial charge in [0.25, 0.3) is 0 Å². The molecule has 0 spiro atoms. The minimum atomic E-state index is 0.0972. The van der Waals surface area contributed by atoms with Crippen molar-refractivity contribution in [2.45, 2.75) is 12.8 Å². The van der Waals surface area contributed by atoms with Crippen molar-refractivity contribution in [2.75, 3.05) is 0 Å². The van der Waals surface area contributed by atoms with Crippen molar-refractivity contribution >= 4 is 0 Å². The molecule has 1 heterocycles. The molecule has 1 atom stereocenters. The Hall–Kier alpha value is -1.30. The smallest absolute Gasteiger partial charge is 0.0737 e. The second-order valence-electron chi connectivity index (χ2n) is 2.17. The van der Waals surface area contributed by atoms with E-state index in [4.69, 9.17) is 6.42 Å². The fourth-order valence-electron chi connectivity index (χ4n) is 0.775. The lowest BCUT2D eigenvalue weighted by atomic mass is 10.1. The van der Waals surface area contributed by atoms with Gasteiger partial charge in [0, 0.05) is 7.05 Å². The summed E-state index contributed by atoms with van der Waals surface area (Å²) in [5.41, 5.74) is 0.975. The summed E-state index contributed by atoms with van der Waals surface area (Å²) >= 11 is 0. The molecule has 0 fully saturated rings. The second-order valence-corrected chi connectivity index (χ2v) is 2.17. The Balaban J connectivity index is 2.96. The van der Waals surface area contributed by atoms with Crippen molar-refractivity contribution in [3.05, 3.63) is 11.9 Å². The summed E-state index contributed by atoms with van der Waals surface area (Å²) in [5.74, 6) is 2.70. The standard InChI is InChI=1S/C7H9N3/c1-4-6(2)7-5-8-9-10(7)3/h1,5-6H,2-3H3. The first-order valence-electron chi connectivity index (χ1n) is 3.06. The maximum Gasteiger partial charge on any atom is 0.0737 e. The topological polar surface area (TPSA) is 30.7 Å². The fourth-order valence-corrected chi connectivity index (χ4v) is 0.775. The first-order chi connectivity index (χ1) is 4.75. The van der Waals surface area contributed by atoms with E-state index < -0.39 is 0 Å². The molecule has 1 aromatic rings. The van der Waals surface area contributed by atoms with E-state index in [0.29, 0.717) is 0 Å². The Kier molecular flexibility index (Phi) is 1.72. The van der Waals surface area contributed by atoms with Gasteiger partial charge in [-0.05, 0) is 6.92 Å². The van der Waals surface area contributed by atoms with Crippen molar-refractivity contribution < 1.29 is 0 Å². The Morgan fingerprint density at radius 3 is 2.90 bits per heavy atom. The Morgan fingerprint density at radius 2 is 2.50 bits per heavy atom. The van der Waals surface area contributed by atoms with Crippen molar-refractivity contribution in [3.63, 3.8) is 0 Å². The molecule has 3 heteroatoms. The van der Waals surface area contributed by atoms with Crippen LogP contribution in [0.4, 0.5) is 0 Å². The van der Waals surface area contributed by atoms with Gasteiger partial charge in [-0.1, -0.05) is 11.1 Å². The summed E-state index contributed by atoms with van der Waals surface area (Å²) in [6, 6.07) is 0. The van der Waals surface area contributed by atoms with Crippen LogP contribution in [0.25, 0.3) is 0 Å². The molecule has 1 unspecified atom stereocenters. The van der Waals surface area contributed by atoms with Gasteiger partial charge in [-0.25, -0.2) is 0 Å². The minimum absolute atomic E-state index is 0.0972. The van der Waals surface area contributed by atoms with E-state index in [1.54, 1.807) is 10.9 Å². The number of aryl methyl sites for hydroxylation is 1. The van der Waals surface area contributed by atoms with Crippen LogP contribution in [0.5, 0.6) is 0 Å². The molecule has 0 bridgehead atoms. The quantitative estimate of drug-likeness (QED) is 0.526. The third kappa shape index (κ3) is 1.01. The van der Waals surface area contributed by atoms with E-state index in [2.05, 4.69) is 16.2 Å². The maximum atomic E-state index is 5.21. The van der Waals surface area contributed by atoms with E-state index in [0.717, 1.165) is 5.69 Å². The molecular weight excluding hydrogens is 126 g/mol. The van der Waals surface area contributed by atoms with Crippen molar-refractivity contribution in [1.29, 1.82) is 0 Å². The lowest BCUT2D eigenvalue weighted by Gasteiger charge is -2.00. The molecule has 0 aromatic carbocycles. The minimum Gasteiger partial charge on any atom is -0.251 e. The van der Waals surface area contributed by atoms with Gasteiger partial charge in [0.2, 0.25) is 0 Å². The second kappa shape index (κ2) is 2.53. The van der Waals surface area contributed by atoms with E-state index >= 15 is 0 Å². The van der Waals surface area contributed by atoms with Gasteiger partial charge in [0.15, 0.2) is 0 Å². The summed E-state index contributed by atoms with van der Waals surface area (Å²) in [6.07, 6.45) is 6.90. The fraction of sp³-hybridized carbons (Fsp3) is 0.429. The molecule has 10 heavy (non-hydrogen) atoms. The van der Waals surface area contributed by atoms with Gasteiger partial charge in [-0.3, -0.25) is 4.68 Å². The molecule has 0 radical (unpaired) electrons. The molecule has 3 nitrogen and oxygen atoms in total. The van der Waals surface area contributed by atoms with Crippen LogP contribution in [0.3, 0.4) is 0 Å². The predicted octanol–water partition coefficient (Wildman–Crippen LogP) is 0.552. The molecule has 1 aromatic heterocycles. The van der Waals surface area contributed by atoms with Crippen LogP contribution in [0.1, 0.15) is 18.5 Å². The summed E-state index contributed by atoms with van der Waals surface area (Å²) in [5, 5.41) is 7.46. The summed E-state index contributed by atoms with van der Waals surface area (Å²) < 4.78 is 1.69. The Bertz CT molecular complexity index is 256. The third-order valence-electron chi connectivity index (χ3n) is 1.44. The van der Waals surface area contributed by atoms with Gasteiger partial charge in [-0.2, -0.15) is 0 Å². The monoisotopic (exact) mass is 135 g/mol. The number of hydrogen-bond acceptors (Lipinski definition) is 2. The van der Waals surface area contributed by atoms with E-state index in [1.807, 2.05) is 14.0 Å². The van der Waals surface area contributed by atoms with E-state index in [-0.39, 0.29) is 5.92 Å². The molecule has 0 saturated heterocycles. The number of aromatic nitrogens is 3. The van der Waals surface area contributed by atoms with Gasteiger partial charge in [0.1, 0.15) is 0 Å². The lowest BCUT2D eigenvalue weighted by Crippen LogP contribution is -2.00. The first kappa shape index (κ1) is 6.81. The number of terminal acetylenes is 1. The van der Waals surface area contributed by atoms with Crippen LogP contribution >= 0.6 is 0 Å². The molecule has 0 saturated carbocycles. The highest BCUT2D eigenvalue weighted by molar-refractivity contribution is 5.14. The molecule has 1 rings (SSSR count). The Morgan fingerprint density at radius 1 is 1.80 bits per heavy atom. The average molecular weight is 135 g/mol. The van der Waals surface area contributed by atoms with Gasteiger partial charge < -0.3 is 0 Å². The highest BCUT2D eigenvalue weighted by Gasteiger charge is 2.05. The zero-order chi connectivity index (χ0) is 7.56. The molecule has 0 aliphatic rings. The maximum absolute atomic E-state index is 5.21. The Labute approximate surface area is 60.1 Å². The van der Waals surface area contributed by atoms with Crippen LogP contribution in [0, 0.1) is 12.3 Å². The largest absolute Gasteiger partial charge is 0.251 e. The number of rotatable bonds is 1. The molecule has 0 amide bonds. The van der Waals surface area contributed by atoms with E-state index in [9.17, 15) is 0 Å². The lowest BCUT2D eigenvalue weighted by molar-refractivity contribution is 0.669. The molecule has 0 N–H and O–H groups in total. The summed E-state index contributed by atoms with van der Waals surface area (Å²) in [7, 11) is 1.83. The predicted molar refractivity (Wildman–Crippen MR) is 38.3 cm³/mol. The van der Waals surface area contributed by atoms with Crippen LogP contribution < -0.4 is 0 Å². The van der Waals surface area contributed by atoms with Gasteiger partial charge in [-0.15, -0.1) is 11.5 Å². The van der Waals surface area contributed by atoms with Crippen molar-refractivity contribution in [3.8, 4) is 12.3 Å². The summed E-state index contributed by atoms with van der Waals surface area (Å²) in [6.45, 7) is 1.94. The molecule has 52 valence electrons. The molecular formula is C7H9N3. The zero-order valence-electron chi connectivity index (χ0n) is 6.07. The average Bonchev–Trinajstić information content (AvgIpc) is 2.34. The van der Waals surface area contributed by atoms with E-state index in [1.165, 1.54) is 0 Å². The van der Waals surface area contributed by atoms with Crippen LogP contribution in [-0.4, -0.2) is 15.0 Å². The van der Waals surface area contributed by atoms with Crippen LogP contribution in [0.15, 0.2) is 6.20 Å².